The number of rotatable bonds is 3. The summed E-state index contributed by atoms with van der Waals surface area (Å²) in [4.78, 5) is 3.92. The predicted molar refractivity (Wildman–Crippen MR) is 81.6 cm³/mol. The second-order valence-corrected chi connectivity index (χ2v) is 5.65. The number of imidazole rings is 1. The normalized spacial score (nSPS) is 12.6. The molecular formula is C17H13F5N2O. The molecule has 3 aromatic rings. The van der Waals surface area contributed by atoms with Gasteiger partial charge in [0, 0.05) is 13.1 Å². The molecule has 0 amide bonds. The number of aryl methyl sites for hydroxylation is 1. The van der Waals surface area contributed by atoms with Gasteiger partial charge in [-0.2, -0.15) is 8.78 Å². The van der Waals surface area contributed by atoms with Crippen LogP contribution in [0.15, 0.2) is 42.6 Å². The summed E-state index contributed by atoms with van der Waals surface area (Å²) < 4.78 is 69.2. The van der Waals surface area contributed by atoms with Crippen LogP contribution in [0.3, 0.4) is 0 Å². The molecule has 2 aromatic heterocycles. The quantitative estimate of drug-likeness (QED) is 0.594. The van der Waals surface area contributed by atoms with Crippen molar-refractivity contribution < 1.29 is 26.7 Å². The standard InChI is InChI=1S/C17H13F5N2O/c1-10-14-8-5-12(9-24(14)15(23-10)16(2,18)19)11-3-6-13(7-4-11)25-17(20,21)22/h3-9H,1-2H3. The van der Waals surface area contributed by atoms with E-state index in [9.17, 15) is 22.0 Å². The van der Waals surface area contributed by atoms with Gasteiger partial charge in [0.2, 0.25) is 0 Å². The van der Waals surface area contributed by atoms with Crippen LogP contribution in [0.1, 0.15) is 18.4 Å². The zero-order valence-corrected chi connectivity index (χ0v) is 13.2. The molecule has 25 heavy (non-hydrogen) atoms. The van der Waals surface area contributed by atoms with E-state index in [1.165, 1.54) is 34.9 Å². The summed E-state index contributed by atoms with van der Waals surface area (Å²) in [6.07, 6.45) is -3.28. The van der Waals surface area contributed by atoms with Crippen molar-refractivity contribution in [2.24, 2.45) is 0 Å². The van der Waals surface area contributed by atoms with Crippen molar-refractivity contribution in [3.05, 3.63) is 54.1 Å². The lowest BCUT2D eigenvalue weighted by molar-refractivity contribution is -0.274. The van der Waals surface area contributed by atoms with Crippen LogP contribution in [0, 0.1) is 6.92 Å². The number of ether oxygens (including phenoxy) is 1. The molecule has 0 saturated heterocycles. The van der Waals surface area contributed by atoms with Crippen molar-refractivity contribution in [3.8, 4) is 16.9 Å². The fraction of sp³-hybridized carbons (Fsp3) is 0.235. The fourth-order valence-electron chi connectivity index (χ4n) is 2.57. The Morgan fingerprint density at radius 3 is 2.08 bits per heavy atom. The number of nitrogens with zero attached hydrogens (tertiary/aromatic N) is 2. The van der Waals surface area contributed by atoms with Gasteiger partial charge in [0.1, 0.15) is 5.75 Å². The van der Waals surface area contributed by atoms with E-state index in [-0.39, 0.29) is 11.6 Å². The molecule has 3 nitrogen and oxygen atoms in total. The largest absolute Gasteiger partial charge is 0.573 e. The van der Waals surface area contributed by atoms with Crippen molar-refractivity contribution in [2.75, 3.05) is 0 Å². The highest BCUT2D eigenvalue weighted by Gasteiger charge is 2.31. The fourth-order valence-corrected chi connectivity index (χ4v) is 2.57. The van der Waals surface area contributed by atoms with E-state index >= 15 is 0 Å². The molecule has 3 rings (SSSR count). The van der Waals surface area contributed by atoms with Gasteiger partial charge >= 0.3 is 12.3 Å². The van der Waals surface area contributed by atoms with E-state index in [0.29, 0.717) is 22.3 Å². The highest BCUT2D eigenvalue weighted by molar-refractivity contribution is 5.67. The minimum Gasteiger partial charge on any atom is -0.406 e. The van der Waals surface area contributed by atoms with Crippen molar-refractivity contribution >= 4 is 5.52 Å². The van der Waals surface area contributed by atoms with Crippen LogP contribution < -0.4 is 4.74 Å². The van der Waals surface area contributed by atoms with Gasteiger partial charge in [0.05, 0.1) is 11.2 Å². The molecule has 0 saturated carbocycles. The third-order valence-corrected chi connectivity index (χ3v) is 3.63. The van der Waals surface area contributed by atoms with Crippen molar-refractivity contribution in [1.82, 2.24) is 9.38 Å². The van der Waals surface area contributed by atoms with Gasteiger partial charge in [-0.1, -0.05) is 18.2 Å². The van der Waals surface area contributed by atoms with E-state index in [4.69, 9.17) is 0 Å². The first kappa shape index (κ1) is 17.2. The van der Waals surface area contributed by atoms with Crippen LogP contribution in [-0.4, -0.2) is 15.7 Å². The van der Waals surface area contributed by atoms with Crippen LogP contribution in [0.4, 0.5) is 22.0 Å². The molecule has 0 atom stereocenters. The van der Waals surface area contributed by atoms with Crippen molar-refractivity contribution in [2.45, 2.75) is 26.1 Å². The lowest BCUT2D eigenvalue weighted by Gasteiger charge is -2.11. The second-order valence-electron chi connectivity index (χ2n) is 5.65. The minimum absolute atomic E-state index is 0.350. The molecule has 0 spiro atoms. The Balaban J connectivity index is 2.02. The Labute approximate surface area is 139 Å². The molecule has 0 aliphatic rings. The summed E-state index contributed by atoms with van der Waals surface area (Å²) in [5.41, 5.74) is 2.14. The summed E-state index contributed by atoms with van der Waals surface area (Å²) >= 11 is 0. The number of benzene rings is 1. The number of hydrogen-bond donors (Lipinski definition) is 0. The molecule has 132 valence electrons. The minimum atomic E-state index is -4.77. The SMILES string of the molecule is Cc1nc(C(C)(F)F)n2cc(-c3ccc(OC(F)(F)F)cc3)ccc12. The van der Waals surface area contributed by atoms with Gasteiger partial charge in [-0.25, -0.2) is 4.98 Å². The average molecular weight is 356 g/mol. The van der Waals surface area contributed by atoms with Crippen LogP contribution in [0.2, 0.25) is 0 Å². The van der Waals surface area contributed by atoms with Crippen LogP contribution in [-0.2, 0) is 5.92 Å². The molecule has 0 N–H and O–H groups in total. The van der Waals surface area contributed by atoms with Crippen molar-refractivity contribution in [3.63, 3.8) is 0 Å². The third-order valence-electron chi connectivity index (χ3n) is 3.63. The molecular weight excluding hydrogens is 343 g/mol. The maximum atomic E-state index is 13.7. The molecule has 0 bridgehead atoms. The van der Waals surface area contributed by atoms with Gasteiger partial charge in [-0.05, 0) is 36.2 Å². The Morgan fingerprint density at radius 2 is 1.52 bits per heavy atom. The van der Waals surface area contributed by atoms with Crippen LogP contribution in [0.25, 0.3) is 16.6 Å². The predicted octanol–water partition coefficient (Wildman–Crippen LogP) is 5.32. The van der Waals surface area contributed by atoms with Crippen LogP contribution >= 0.6 is 0 Å². The Kier molecular flexibility index (Phi) is 3.93. The van der Waals surface area contributed by atoms with Gasteiger partial charge < -0.3 is 4.74 Å². The van der Waals surface area contributed by atoms with Crippen molar-refractivity contribution in [1.29, 1.82) is 0 Å². The number of fused-ring (bicyclic) bond motifs is 1. The molecule has 0 aliphatic heterocycles. The summed E-state index contributed by atoms with van der Waals surface area (Å²) in [5.74, 6) is -3.87. The Hall–Kier alpha value is -2.64. The molecule has 8 heteroatoms. The zero-order valence-electron chi connectivity index (χ0n) is 13.2. The molecule has 1 aromatic carbocycles. The molecule has 0 unspecified atom stereocenters. The summed E-state index contributed by atoms with van der Waals surface area (Å²) in [6, 6.07) is 8.53. The first-order valence-electron chi connectivity index (χ1n) is 7.28. The third kappa shape index (κ3) is 3.57. The summed E-state index contributed by atoms with van der Waals surface area (Å²) in [6.45, 7) is 2.39. The smallest absolute Gasteiger partial charge is 0.406 e. The van der Waals surface area contributed by atoms with Gasteiger partial charge in [0.15, 0.2) is 5.82 Å². The molecule has 2 heterocycles. The maximum Gasteiger partial charge on any atom is 0.573 e. The first-order valence-corrected chi connectivity index (χ1v) is 7.28. The summed E-state index contributed by atoms with van der Waals surface area (Å²) in [7, 11) is 0. The van der Waals surface area contributed by atoms with Gasteiger partial charge in [-0.15, -0.1) is 13.2 Å². The summed E-state index contributed by atoms with van der Waals surface area (Å²) in [5, 5.41) is 0. The second kappa shape index (κ2) is 5.72. The number of hydrogen-bond acceptors (Lipinski definition) is 2. The monoisotopic (exact) mass is 356 g/mol. The topological polar surface area (TPSA) is 26.5 Å². The maximum absolute atomic E-state index is 13.7. The number of pyridine rings is 1. The Bertz CT molecular complexity index is 908. The number of halogens is 5. The molecule has 0 radical (unpaired) electrons. The average Bonchev–Trinajstić information content (AvgIpc) is 2.83. The lowest BCUT2D eigenvalue weighted by Crippen LogP contribution is -2.16. The van der Waals surface area contributed by atoms with E-state index in [1.807, 2.05) is 0 Å². The van der Waals surface area contributed by atoms with Crippen LogP contribution in [0.5, 0.6) is 5.75 Å². The van der Waals surface area contributed by atoms with E-state index in [2.05, 4.69) is 9.72 Å². The Morgan fingerprint density at radius 1 is 0.920 bits per heavy atom. The molecule has 0 fully saturated rings. The first-order chi connectivity index (χ1) is 11.5. The van der Waals surface area contributed by atoms with Gasteiger partial charge in [0.25, 0.3) is 0 Å². The molecule has 0 aliphatic carbocycles. The van der Waals surface area contributed by atoms with E-state index in [1.54, 1.807) is 19.1 Å². The highest BCUT2D eigenvalue weighted by atomic mass is 19.4. The number of aromatic nitrogens is 2. The van der Waals surface area contributed by atoms with Gasteiger partial charge in [-0.3, -0.25) is 4.40 Å². The van der Waals surface area contributed by atoms with E-state index < -0.39 is 12.3 Å². The lowest BCUT2D eigenvalue weighted by atomic mass is 10.1. The number of alkyl halides is 5. The van der Waals surface area contributed by atoms with E-state index in [0.717, 1.165) is 6.92 Å². The zero-order chi connectivity index (χ0) is 18.4. The highest BCUT2D eigenvalue weighted by Crippen LogP contribution is 2.31.